The number of carbonyl (C=O) groups is 1. The fourth-order valence-corrected chi connectivity index (χ4v) is 1.44. The minimum Gasteiger partial charge on any atom is -0.479 e. The molecular weight excluding hydrogens is 216 g/mol. The van der Waals surface area contributed by atoms with Crippen LogP contribution in [0.1, 0.15) is 19.4 Å². The quantitative estimate of drug-likeness (QED) is 0.561. The molecule has 1 aromatic carbocycles. The predicted octanol–water partition coefficient (Wildman–Crippen LogP) is 2.75. The molecule has 3 nitrogen and oxygen atoms in total. The molecule has 0 spiro atoms. The van der Waals surface area contributed by atoms with Gasteiger partial charge in [0.1, 0.15) is 5.75 Å². The van der Waals surface area contributed by atoms with Crippen LogP contribution in [0.15, 0.2) is 36.9 Å². The number of hydrogen-bond donors (Lipinski definition) is 0. The Morgan fingerprint density at radius 2 is 2.18 bits per heavy atom. The second kappa shape index (κ2) is 6.74. The number of carbonyl (C=O) groups excluding carboxylic acids is 1. The molecule has 0 aromatic heterocycles. The van der Waals surface area contributed by atoms with Crippen LogP contribution in [0.4, 0.5) is 0 Å². The van der Waals surface area contributed by atoms with Crippen LogP contribution < -0.4 is 4.74 Å². The van der Waals surface area contributed by atoms with Crippen molar-refractivity contribution in [2.45, 2.75) is 26.4 Å². The fourth-order valence-electron chi connectivity index (χ4n) is 1.44. The minimum absolute atomic E-state index is 0.346. The van der Waals surface area contributed by atoms with Crippen LogP contribution in [0.3, 0.4) is 0 Å². The standard InChI is InChI=1S/C14H18O3/c1-4-8-12-9-6-7-10-13(12)17-11(3)14(15)16-5-2/h4,6-7,9-11H,1,5,8H2,2-3H3. The average molecular weight is 234 g/mol. The molecule has 0 fully saturated rings. The van der Waals surface area contributed by atoms with Gasteiger partial charge in [-0.3, -0.25) is 0 Å². The number of rotatable bonds is 6. The Labute approximate surface area is 102 Å². The Morgan fingerprint density at radius 3 is 2.82 bits per heavy atom. The van der Waals surface area contributed by atoms with Crippen LogP contribution in [0, 0.1) is 0 Å². The summed E-state index contributed by atoms with van der Waals surface area (Å²) >= 11 is 0. The van der Waals surface area contributed by atoms with E-state index < -0.39 is 6.10 Å². The van der Waals surface area contributed by atoms with Gasteiger partial charge in [-0.15, -0.1) is 6.58 Å². The van der Waals surface area contributed by atoms with Crippen molar-refractivity contribution >= 4 is 5.97 Å². The Hall–Kier alpha value is -1.77. The van der Waals surface area contributed by atoms with Crippen LogP contribution in [0.25, 0.3) is 0 Å². The van der Waals surface area contributed by atoms with Crippen molar-refractivity contribution in [3.05, 3.63) is 42.5 Å². The first-order valence-electron chi connectivity index (χ1n) is 5.71. The third-order valence-electron chi connectivity index (χ3n) is 2.26. The molecule has 17 heavy (non-hydrogen) atoms. The summed E-state index contributed by atoms with van der Waals surface area (Å²) in [6.07, 6.45) is 1.92. The van der Waals surface area contributed by atoms with Crippen molar-refractivity contribution in [3.8, 4) is 5.75 Å². The molecule has 0 aliphatic rings. The van der Waals surface area contributed by atoms with Gasteiger partial charge >= 0.3 is 5.97 Å². The summed E-state index contributed by atoms with van der Waals surface area (Å²) in [6.45, 7) is 7.51. The zero-order chi connectivity index (χ0) is 12.7. The molecule has 0 saturated heterocycles. The van der Waals surface area contributed by atoms with Crippen LogP contribution in [0.5, 0.6) is 5.75 Å². The smallest absolute Gasteiger partial charge is 0.347 e. The van der Waals surface area contributed by atoms with Crippen LogP contribution >= 0.6 is 0 Å². The number of allylic oxidation sites excluding steroid dienone is 1. The van der Waals surface area contributed by atoms with E-state index in [1.54, 1.807) is 19.9 Å². The Morgan fingerprint density at radius 1 is 1.47 bits per heavy atom. The molecular formula is C14H18O3. The number of benzene rings is 1. The third kappa shape index (κ3) is 3.94. The highest BCUT2D eigenvalue weighted by Gasteiger charge is 2.16. The first kappa shape index (κ1) is 13.3. The van der Waals surface area contributed by atoms with Crippen LogP contribution in [-0.2, 0) is 16.0 Å². The molecule has 0 bridgehead atoms. The first-order valence-corrected chi connectivity index (χ1v) is 5.71. The fraction of sp³-hybridized carbons (Fsp3) is 0.357. The Balaban J connectivity index is 2.73. The molecule has 0 amide bonds. The summed E-state index contributed by atoms with van der Waals surface area (Å²) in [5.74, 6) is 0.355. The van der Waals surface area contributed by atoms with E-state index in [-0.39, 0.29) is 5.97 Å². The SMILES string of the molecule is C=CCc1ccccc1OC(C)C(=O)OCC. The van der Waals surface area contributed by atoms with E-state index in [4.69, 9.17) is 9.47 Å². The highest BCUT2D eigenvalue weighted by atomic mass is 16.6. The summed E-state index contributed by atoms with van der Waals surface area (Å²) in [7, 11) is 0. The van der Waals surface area contributed by atoms with Crippen LogP contribution in [0.2, 0.25) is 0 Å². The summed E-state index contributed by atoms with van der Waals surface area (Å²) in [5.41, 5.74) is 1.01. The molecule has 0 heterocycles. The van der Waals surface area contributed by atoms with Crippen molar-refractivity contribution < 1.29 is 14.3 Å². The number of para-hydroxylation sites is 1. The van der Waals surface area contributed by atoms with Gasteiger partial charge in [0.15, 0.2) is 6.10 Å². The summed E-state index contributed by atoms with van der Waals surface area (Å²) < 4.78 is 10.5. The van der Waals surface area contributed by atoms with E-state index in [2.05, 4.69) is 6.58 Å². The normalized spacial score (nSPS) is 11.6. The third-order valence-corrected chi connectivity index (χ3v) is 2.26. The van der Waals surface area contributed by atoms with E-state index in [0.717, 1.165) is 5.56 Å². The predicted molar refractivity (Wildman–Crippen MR) is 67.1 cm³/mol. The number of ether oxygens (including phenoxy) is 2. The average Bonchev–Trinajstić information content (AvgIpc) is 2.32. The van der Waals surface area contributed by atoms with Crippen molar-refractivity contribution in [1.82, 2.24) is 0 Å². The lowest BCUT2D eigenvalue weighted by Crippen LogP contribution is -2.26. The van der Waals surface area contributed by atoms with Crippen molar-refractivity contribution in [2.24, 2.45) is 0 Å². The second-order valence-corrected chi connectivity index (χ2v) is 3.61. The summed E-state index contributed by atoms with van der Waals surface area (Å²) in [5, 5.41) is 0. The summed E-state index contributed by atoms with van der Waals surface area (Å²) in [4.78, 5) is 11.4. The van der Waals surface area contributed by atoms with Gasteiger partial charge in [-0.05, 0) is 31.9 Å². The molecule has 0 aliphatic carbocycles. The molecule has 0 radical (unpaired) electrons. The largest absolute Gasteiger partial charge is 0.479 e. The van der Waals surface area contributed by atoms with Gasteiger partial charge in [-0.25, -0.2) is 4.79 Å². The maximum atomic E-state index is 11.4. The van der Waals surface area contributed by atoms with E-state index >= 15 is 0 Å². The molecule has 1 aromatic rings. The van der Waals surface area contributed by atoms with Gasteiger partial charge in [-0.1, -0.05) is 24.3 Å². The lowest BCUT2D eigenvalue weighted by molar-refractivity contribution is -0.150. The molecule has 1 unspecified atom stereocenters. The van der Waals surface area contributed by atoms with E-state index in [9.17, 15) is 4.79 Å². The van der Waals surface area contributed by atoms with Crippen molar-refractivity contribution in [3.63, 3.8) is 0 Å². The maximum Gasteiger partial charge on any atom is 0.347 e. The second-order valence-electron chi connectivity index (χ2n) is 3.61. The van der Waals surface area contributed by atoms with Gasteiger partial charge in [-0.2, -0.15) is 0 Å². The summed E-state index contributed by atoms with van der Waals surface area (Å²) in [6, 6.07) is 7.60. The van der Waals surface area contributed by atoms with E-state index in [1.807, 2.05) is 24.3 Å². The molecule has 0 N–H and O–H groups in total. The lowest BCUT2D eigenvalue weighted by atomic mass is 10.1. The van der Waals surface area contributed by atoms with Gasteiger partial charge in [0.25, 0.3) is 0 Å². The molecule has 92 valence electrons. The zero-order valence-electron chi connectivity index (χ0n) is 10.3. The topological polar surface area (TPSA) is 35.5 Å². The molecule has 1 rings (SSSR count). The minimum atomic E-state index is -0.596. The molecule has 1 atom stereocenters. The molecule has 3 heteroatoms. The zero-order valence-corrected chi connectivity index (χ0v) is 10.3. The maximum absolute atomic E-state index is 11.4. The van der Waals surface area contributed by atoms with Crippen molar-refractivity contribution in [1.29, 1.82) is 0 Å². The monoisotopic (exact) mass is 234 g/mol. The van der Waals surface area contributed by atoms with Crippen molar-refractivity contribution in [2.75, 3.05) is 6.61 Å². The van der Waals surface area contributed by atoms with Gasteiger partial charge in [0.05, 0.1) is 6.61 Å². The van der Waals surface area contributed by atoms with Gasteiger partial charge < -0.3 is 9.47 Å². The van der Waals surface area contributed by atoms with Crippen LogP contribution in [-0.4, -0.2) is 18.7 Å². The Kier molecular flexibility index (Phi) is 5.27. The van der Waals surface area contributed by atoms with Gasteiger partial charge in [0, 0.05) is 0 Å². The highest BCUT2D eigenvalue weighted by molar-refractivity contribution is 5.74. The highest BCUT2D eigenvalue weighted by Crippen LogP contribution is 2.20. The van der Waals surface area contributed by atoms with Gasteiger partial charge in [0.2, 0.25) is 0 Å². The number of esters is 1. The Bertz CT molecular complexity index is 385. The number of hydrogen-bond acceptors (Lipinski definition) is 3. The van der Waals surface area contributed by atoms with E-state index in [1.165, 1.54) is 0 Å². The van der Waals surface area contributed by atoms with E-state index in [0.29, 0.717) is 18.8 Å². The lowest BCUT2D eigenvalue weighted by Gasteiger charge is -2.15. The molecule has 0 saturated carbocycles. The molecule has 0 aliphatic heterocycles. The first-order chi connectivity index (χ1) is 8.19.